The van der Waals surface area contributed by atoms with Gasteiger partial charge in [0.05, 0.1) is 0 Å². The minimum atomic E-state index is -1.31. The van der Waals surface area contributed by atoms with Crippen molar-refractivity contribution in [2.45, 2.75) is 12.5 Å². The third-order valence-electron chi connectivity index (χ3n) is 4.66. The maximum Gasteiger partial charge on any atom is 0.193 e. The predicted octanol–water partition coefficient (Wildman–Crippen LogP) is 3.82. The van der Waals surface area contributed by atoms with Crippen molar-refractivity contribution in [3.05, 3.63) is 106 Å². The summed E-state index contributed by atoms with van der Waals surface area (Å²) in [7, 11) is 0. The van der Waals surface area contributed by atoms with Gasteiger partial charge in [-0.1, -0.05) is 72.8 Å². The lowest BCUT2D eigenvalue weighted by atomic mass is 9.70. The summed E-state index contributed by atoms with van der Waals surface area (Å²) in [6, 6.07) is 22.4. The Morgan fingerprint density at radius 2 is 1.13 bits per heavy atom. The summed E-state index contributed by atoms with van der Waals surface area (Å²) < 4.78 is 0. The Morgan fingerprint density at radius 1 is 0.696 bits per heavy atom. The first kappa shape index (κ1) is 13.9. The molecule has 23 heavy (non-hydrogen) atoms. The van der Waals surface area contributed by atoms with Gasteiger partial charge in [0.15, 0.2) is 5.78 Å². The third-order valence-corrected chi connectivity index (χ3v) is 4.66. The van der Waals surface area contributed by atoms with E-state index in [0.717, 1.165) is 11.1 Å². The average molecular weight is 300 g/mol. The number of aliphatic hydroxyl groups is 1. The third kappa shape index (κ3) is 1.82. The van der Waals surface area contributed by atoms with Crippen LogP contribution in [0.2, 0.25) is 0 Å². The maximum atomic E-state index is 12.8. The first-order valence-electron chi connectivity index (χ1n) is 7.66. The molecule has 0 aliphatic heterocycles. The normalized spacial score (nSPS) is 15.0. The maximum absolute atomic E-state index is 12.8. The molecule has 0 radical (unpaired) electrons. The van der Waals surface area contributed by atoms with Crippen molar-refractivity contribution in [2.75, 3.05) is 0 Å². The Balaban J connectivity index is 2.14. The molecule has 112 valence electrons. The molecule has 0 saturated heterocycles. The van der Waals surface area contributed by atoms with Crippen molar-refractivity contribution < 1.29 is 9.90 Å². The fourth-order valence-electron chi connectivity index (χ4n) is 3.55. The molecule has 0 saturated carbocycles. The van der Waals surface area contributed by atoms with Gasteiger partial charge < -0.3 is 5.11 Å². The topological polar surface area (TPSA) is 37.3 Å². The van der Waals surface area contributed by atoms with Crippen molar-refractivity contribution in [1.82, 2.24) is 0 Å². The molecule has 1 aliphatic carbocycles. The largest absolute Gasteiger partial charge is 0.376 e. The molecular weight excluding hydrogens is 284 g/mol. The molecule has 3 aromatic carbocycles. The van der Waals surface area contributed by atoms with Crippen LogP contribution in [0.3, 0.4) is 0 Å². The summed E-state index contributed by atoms with van der Waals surface area (Å²) >= 11 is 0. The summed E-state index contributed by atoms with van der Waals surface area (Å²) in [5.74, 6) is -0.0329. The lowest BCUT2D eigenvalue weighted by molar-refractivity contribution is 0.0948. The highest BCUT2D eigenvalue weighted by molar-refractivity contribution is 6.13. The van der Waals surface area contributed by atoms with Crippen molar-refractivity contribution in [2.24, 2.45) is 0 Å². The Morgan fingerprint density at radius 3 is 1.65 bits per heavy atom. The van der Waals surface area contributed by atoms with Crippen LogP contribution in [0.1, 0.15) is 38.2 Å². The second-order valence-electron chi connectivity index (χ2n) is 5.95. The molecule has 0 bridgehead atoms. The Labute approximate surface area is 135 Å². The smallest absolute Gasteiger partial charge is 0.193 e. The molecule has 4 rings (SSSR count). The standard InChI is InChI=1S/C21H16O2/c1-14-8-2-5-11-17(14)21(23)18-12-6-3-9-15(18)20(22)16-10-4-7-13-19(16)21/h2-13,23H,1H3. The zero-order valence-electron chi connectivity index (χ0n) is 12.8. The van der Waals surface area contributed by atoms with Gasteiger partial charge in [0.1, 0.15) is 5.60 Å². The molecule has 0 heterocycles. The highest BCUT2D eigenvalue weighted by Gasteiger charge is 2.43. The summed E-state index contributed by atoms with van der Waals surface area (Å²) in [6.07, 6.45) is 0. The lowest BCUT2D eigenvalue weighted by Gasteiger charge is -2.37. The average Bonchev–Trinajstić information content (AvgIpc) is 2.60. The number of aryl methyl sites for hydroxylation is 1. The second-order valence-corrected chi connectivity index (χ2v) is 5.95. The molecule has 1 N–H and O–H groups in total. The van der Waals surface area contributed by atoms with E-state index in [1.54, 1.807) is 12.1 Å². The van der Waals surface area contributed by atoms with E-state index in [2.05, 4.69) is 0 Å². The molecule has 0 amide bonds. The van der Waals surface area contributed by atoms with Crippen molar-refractivity contribution >= 4 is 5.78 Å². The molecule has 0 fully saturated rings. The minimum absolute atomic E-state index is 0.0329. The molecule has 2 nitrogen and oxygen atoms in total. The van der Waals surface area contributed by atoms with Gasteiger partial charge in [0.2, 0.25) is 0 Å². The Hall–Kier alpha value is -2.71. The number of carbonyl (C=O) groups excluding carboxylic acids is 1. The van der Waals surface area contributed by atoms with Crippen LogP contribution in [0.25, 0.3) is 0 Å². The van der Waals surface area contributed by atoms with Crippen LogP contribution in [-0.2, 0) is 5.60 Å². The van der Waals surface area contributed by atoms with Gasteiger partial charge in [-0.15, -0.1) is 0 Å². The van der Waals surface area contributed by atoms with E-state index in [0.29, 0.717) is 22.3 Å². The zero-order valence-corrected chi connectivity index (χ0v) is 12.8. The van der Waals surface area contributed by atoms with Crippen molar-refractivity contribution in [3.63, 3.8) is 0 Å². The number of rotatable bonds is 1. The second kappa shape index (κ2) is 4.90. The quantitative estimate of drug-likeness (QED) is 0.741. The Bertz CT molecular complexity index is 875. The summed E-state index contributed by atoms with van der Waals surface area (Å²) in [5.41, 5.74) is 2.93. The molecule has 2 heteroatoms. The van der Waals surface area contributed by atoms with Gasteiger partial charge in [-0.3, -0.25) is 4.79 Å². The van der Waals surface area contributed by atoms with Crippen LogP contribution in [0.4, 0.5) is 0 Å². The highest BCUT2D eigenvalue weighted by Crippen LogP contribution is 2.45. The van der Waals surface area contributed by atoms with Gasteiger partial charge >= 0.3 is 0 Å². The van der Waals surface area contributed by atoms with Gasteiger partial charge in [-0.2, -0.15) is 0 Å². The first-order valence-corrected chi connectivity index (χ1v) is 7.66. The van der Waals surface area contributed by atoms with E-state index in [-0.39, 0.29) is 5.78 Å². The van der Waals surface area contributed by atoms with Gasteiger partial charge in [-0.25, -0.2) is 0 Å². The number of hydrogen-bond acceptors (Lipinski definition) is 2. The summed E-state index contributed by atoms with van der Waals surface area (Å²) in [6.45, 7) is 1.98. The summed E-state index contributed by atoms with van der Waals surface area (Å²) in [4.78, 5) is 12.8. The summed E-state index contributed by atoms with van der Waals surface area (Å²) in [5, 5.41) is 11.8. The van der Waals surface area contributed by atoms with E-state index in [1.165, 1.54) is 0 Å². The fraction of sp³-hybridized carbons (Fsp3) is 0.0952. The molecular formula is C21H16O2. The van der Waals surface area contributed by atoms with Gasteiger partial charge in [0, 0.05) is 22.3 Å². The van der Waals surface area contributed by atoms with Gasteiger partial charge in [0.25, 0.3) is 0 Å². The lowest BCUT2D eigenvalue weighted by Crippen LogP contribution is -2.37. The fourth-order valence-corrected chi connectivity index (χ4v) is 3.55. The van der Waals surface area contributed by atoms with E-state index in [9.17, 15) is 9.90 Å². The van der Waals surface area contributed by atoms with E-state index in [4.69, 9.17) is 0 Å². The van der Waals surface area contributed by atoms with Crippen LogP contribution >= 0.6 is 0 Å². The molecule has 0 atom stereocenters. The van der Waals surface area contributed by atoms with Crippen LogP contribution in [0.5, 0.6) is 0 Å². The zero-order chi connectivity index (χ0) is 16.0. The van der Waals surface area contributed by atoms with E-state index < -0.39 is 5.60 Å². The highest BCUT2D eigenvalue weighted by atomic mass is 16.3. The molecule has 0 spiro atoms. The number of carbonyl (C=O) groups is 1. The predicted molar refractivity (Wildman–Crippen MR) is 89.6 cm³/mol. The van der Waals surface area contributed by atoms with E-state index >= 15 is 0 Å². The monoisotopic (exact) mass is 300 g/mol. The molecule has 0 aromatic heterocycles. The number of ketones is 1. The molecule has 1 aliphatic rings. The van der Waals surface area contributed by atoms with Crippen molar-refractivity contribution in [3.8, 4) is 0 Å². The molecule has 0 unspecified atom stereocenters. The Kier molecular flexibility index (Phi) is 2.97. The van der Waals surface area contributed by atoms with E-state index in [1.807, 2.05) is 67.6 Å². The van der Waals surface area contributed by atoms with Crippen molar-refractivity contribution in [1.29, 1.82) is 0 Å². The van der Waals surface area contributed by atoms with Crippen LogP contribution in [0, 0.1) is 6.92 Å². The van der Waals surface area contributed by atoms with Crippen LogP contribution in [0.15, 0.2) is 72.8 Å². The first-order chi connectivity index (χ1) is 11.1. The van der Waals surface area contributed by atoms with Crippen LogP contribution in [-0.4, -0.2) is 10.9 Å². The van der Waals surface area contributed by atoms with Gasteiger partial charge in [-0.05, 0) is 18.1 Å². The minimum Gasteiger partial charge on any atom is -0.376 e. The SMILES string of the molecule is Cc1ccccc1C1(O)c2ccccc2C(=O)c2ccccc21. The number of hydrogen-bond donors (Lipinski definition) is 1. The number of benzene rings is 3. The number of fused-ring (bicyclic) bond motifs is 2. The molecule has 3 aromatic rings. The van der Waals surface area contributed by atoms with Crippen LogP contribution < -0.4 is 0 Å².